The Labute approximate surface area is 442 Å². The van der Waals surface area contributed by atoms with Crippen molar-refractivity contribution < 1.29 is 66.5 Å². The van der Waals surface area contributed by atoms with Crippen LogP contribution in [0, 0.1) is 0 Å². The molecule has 2 saturated heterocycles. The summed E-state index contributed by atoms with van der Waals surface area (Å²) in [5, 5.41) is 0. The van der Waals surface area contributed by atoms with Gasteiger partial charge in [-0.05, 0) is 58.7 Å². The van der Waals surface area contributed by atoms with Crippen LogP contribution in [0.2, 0.25) is 0 Å². The van der Waals surface area contributed by atoms with Gasteiger partial charge in [-0.1, -0.05) is 176 Å². The Hall–Kier alpha value is -7.37. The summed E-state index contributed by atoms with van der Waals surface area (Å²) < 4.78 is 72.2. The molecule has 0 radical (unpaired) electrons. The van der Waals surface area contributed by atoms with E-state index in [2.05, 4.69) is 0 Å². The van der Waals surface area contributed by atoms with E-state index < -0.39 is 79.3 Å². The van der Waals surface area contributed by atoms with Gasteiger partial charge in [-0.3, -0.25) is 0 Å². The van der Waals surface area contributed by atoms with Gasteiger partial charge in [-0.15, -0.1) is 0 Å². The first-order valence-electron chi connectivity index (χ1n) is 25.2. The van der Waals surface area contributed by atoms with E-state index >= 15 is 0 Å². The second-order valence-electron chi connectivity index (χ2n) is 18.1. The number of ether oxygens (including phenoxy) is 11. The molecule has 2 heterocycles. The molecule has 0 N–H and O–H groups in total. The molecule has 7 aromatic carbocycles. The van der Waals surface area contributed by atoms with Gasteiger partial charge in [-0.2, -0.15) is 0 Å². The minimum Gasteiger partial charge on any atom is -0.452 e. The van der Waals surface area contributed by atoms with Crippen molar-refractivity contribution in [2.45, 2.75) is 87.8 Å². The molecular formula is C62H60O14. The molecule has 392 valence electrons. The zero-order chi connectivity index (χ0) is 52.3. The quantitative estimate of drug-likeness (QED) is 0.0441. The second-order valence-corrected chi connectivity index (χ2v) is 18.1. The lowest BCUT2D eigenvalue weighted by Crippen LogP contribution is -2.64. The fourth-order valence-electron chi connectivity index (χ4n) is 8.97. The molecule has 7 aromatic rings. The summed E-state index contributed by atoms with van der Waals surface area (Å²) in [7, 11) is 1.36. The normalized spacial score (nSPS) is 23.2. The van der Waals surface area contributed by atoms with Crippen LogP contribution in [0.4, 0.5) is 0 Å². The summed E-state index contributed by atoms with van der Waals surface area (Å²) in [6, 6.07) is 63.9. The van der Waals surface area contributed by atoms with Gasteiger partial charge in [0, 0.05) is 7.11 Å². The van der Waals surface area contributed by atoms with Gasteiger partial charge in [0.05, 0.1) is 56.3 Å². The molecule has 14 nitrogen and oxygen atoms in total. The minimum absolute atomic E-state index is 0.0553. The average molecular weight is 1030 g/mol. The highest BCUT2D eigenvalue weighted by Crippen LogP contribution is 2.35. The number of hydrogen-bond acceptors (Lipinski definition) is 14. The molecule has 0 aliphatic carbocycles. The molecule has 9 rings (SSSR count). The minimum atomic E-state index is -1.52. The first-order chi connectivity index (χ1) is 37.4. The van der Waals surface area contributed by atoms with Crippen molar-refractivity contribution in [1.29, 1.82) is 0 Å². The van der Waals surface area contributed by atoms with Crippen molar-refractivity contribution >= 4 is 17.9 Å². The zero-order valence-electron chi connectivity index (χ0n) is 41.9. The molecule has 0 spiro atoms. The number of methoxy groups -OCH3 is 1. The maximum absolute atomic E-state index is 14.2. The Morgan fingerprint density at radius 3 is 1.12 bits per heavy atom. The first-order valence-corrected chi connectivity index (χ1v) is 25.2. The van der Waals surface area contributed by atoms with E-state index in [9.17, 15) is 14.4 Å². The summed E-state index contributed by atoms with van der Waals surface area (Å²) in [5.41, 5.74) is 4.28. The van der Waals surface area contributed by atoms with Crippen LogP contribution in [0.3, 0.4) is 0 Å². The molecule has 14 heteroatoms. The number of carbonyl (C=O) groups is 3. The third-order valence-electron chi connectivity index (χ3n) is 12.8. The number of carbonyl (C=O) groups excluding carboxylic acids is 3. The van der Waals surface area contributed by atoms with Crippen LogP contribution in [0.25, 0.3) is 0 Å². The van der Waals surface area contributed by atoms with Crippen molar-refractivity contribution in [3.05, 3.63) is 251 Å². The molecule has 0 amide bonds. The van der Waals surface area contributed by atoms with Gasteiger partial charge >= 0.3 is 17.9 Å². The Morgan fingerprint density at radius 2 is 0.684 bits per heavy atom. The molecule has 0 aromatic heterocycles. The highest BCUT2D eigenvalue weighted by Gasteiger charge is 2.55. The van der Waals surface area contributed by atoms with E-state index in [1.807, 2.05) is 121 Å². The van der Waals surface area contributed by atoms with Crippen molar-refractivity contribution in [2.75, 3.05) is 20.3 Å². The predicted molar refractivity (Wildman–Crippen MR) is 278 cm³/mol. The van der Waals surface area contributed by atoms with Crippen LogP contribution in [0.15, 0.2) is 212 Å². The summed E-state index contributed by atoms with van der Waals surface area (Å²) >= 11 is 0. The van der Waals surface area contributed by atoms with Crippen LogP contribution in [0.1, 0.15) is 53.3 Å². The van der Waals surface area contributed by atoms with Gasteiger partial charge < -0.3 is 52.1 Å². The van der Waals surface area contributed by atoms with E-state index in [0.29, 0.717) is 0 Å². The molecule has 2 aliphatic rings. The lowest BCUT2D eigenvalue weighted by molar-refractivity contribution is -0.343. The van der Waals surface area contributed by atoms with Gasteiger partial charge in [0.25, 0.3) is 0 Å². The standard InChI is InChI=1S/C62H60O14/c1-66-61-57(76-60(65)49-35-21-8-22-36-49)55(75-59(64)48-33-19-7-20-34-48)53(74-58(63)47-31-17-6-18-32-47)51(72-61)42-71-62-56(70-40-46-29-15-5-16-30-46)54(69-39-45-27-13-4-14-28-45)52(68-38-44-25-11-3-12-26-44)50(73-62)41-67-37-43-23-9-2-10-24-43/h2-36,50-57,61-62H,37-42H2,1H3/t50-,51-,52-,53-,54+,55+,56+,57-,61+,62+/m1/s1. The molecule has 2 fully saturated rings. The molecule has 10 atom stereocenters. The number of esters is 3. The SMILES string of the molecule is CO[C@H]1O[C@H](CO[C@H]2O[C@H](COCc3ccccc3)[C@@H](OCc3ccccc3)[C@H](OCc3ccccc3)[C@@H]2OCc2ccccc2)[C@@H](OC(=O)c2ccccc2)[C@H](OC(=O)c2ccccc2)[C@H]1OC(=O)c1ccccc1. The van der Waals surface area contributed by atoms with Gasteiger partial charge in [-0.25, -0.2) is 14.4 Å². The van der Waals surface area contributed by atoms with E-state index in [-0.39, 0.29) is 56.3 Å². The summed E-state index contributed by atoms with van der Waals surface area (Å²) in [4.78, 5) is 42.3. The first kappa shape index (κ1) is 53.5. The summed E-state index contributed by atoms with van der Waals surface area (Å²) in [6.45, 7) is 0.495. The van der Waals surface area contributed by atoms with E-state index in [0.717, 1.165) is 22.3 Å². The highest BCUT2D eigenvalue weighted by molar-refractivity contribution is 5.91. The third kappa shape index (κ3) is 14.5. The van der Waals surface area contributed by atoms with Crippen molar-refractivity contribution in [3.63, 3.8) is 0 Å². The smallest absolute Gasteiger partial charge is 0.338 e. The third-order valence-corrected chi connectivity index (χ3v) is 12.8. The van der Waals surface area contributed by atoms with Crippen LogP contribution in [0.5, 0.6) is 0 Å². The fourth-order valence-corrected chi connectivity index (χ4v) is 8.97. The lowest BCUT2D eigenvalue weighted by Gasteiger charge is -2.47. The molecule has 76 heavy (non-hydrogen) atoms. The Kier molecular flexibility index (Phi) is 19.3. The van der Waals surface area contributed by atoms with Gasteiger partial charge in [0.15, 0.2) is 30.9 Å². The Bertz CT molecular complexity index is 2830. The number of benzene rings is 7. The largest absolute Gasteiger partial charge is 0.452 e. The van der Waals surface area contributed by atoms with Crippen molar-refractivity contribution in [3.8, 4) is 0 Å². The van der Waals surface area contributed by atoms with E-state index in [4.69, 9.17) is 52.1 Å². The lowest BCUT2D eigenvalue weighted by atomic mass is 9.96. The zero-order valence-corrected chi connectivity index (χ0v) is 41.9. The van der Waals surface area contributed by atoms with Crippen molar-refractivity contribution in [1.82, 2.24) is 0 Å². The predicted octanol–water partition coefficient (Wildman–Crippen LogP) is 9.75. The number of rotatable bonds is 23. The summed E-state index contributed by atoms with van der Waals surface area (Å²) in [6.07, 6.45) is -11.7. The second kappa shape index (κ2) is 27.4. The molecular weight excluding hydrogens is 969 g/mol. The maximum atomic E-state index is 14.2. The van der Waals surface area contributed by atoms with Gasteiger partial charge in [0.1, 0.15) is 30.5 Å². The highest BCUT2D eigenvalue weighted by atomic mass is 16.8. The van der Waals surface area contributed by atoms with Crippen LogP contribution < -0.4 is 0 Å². The maximum Gasteiger partial charge on any atom is 0.338 e. The topological polar surface area (TPSA) is 153 Å². The Balaban J connectivity index is 1.08. The molecule has 0 bridgehead atoms. The molecule has 0 unspecified atom stereocenters. The summed E-state index contributed by atoms with van der Waals surface area (Å²) in [5.74, 6) is -2.32. The monoisotopic (exact) mass is 1030 g/mol. The average Bonchev–Trinajstić information content (AvgIpc) is 3.48. The van der Waals surface area contributed by atoms with E-state index in [1.54, 1.807) is 91.0 Å². The number of hydrogen-bond donors (Lipinski definition) is 0. The molecule has 0 saturated carbocycles. The van der Waals surface area contributed by atoms with Crippen LogP contribution in [-0.4, -0.2) is 99.6 Å². The van der Waals surface area contributed by atoms with Crippen molar-refractivity contribution in [2.24, 2.45) is 0 Å². The molecule has 2 aliphatic heterocycles. The van der Waals surface area contributed by atoms with E-state index in [1.165, 1.54) is 7.11 Å². The van der Waals surface area contributed by atoms with Crippen LogP contribution >= 0.6 is 0 Å². The van der Waals surface area contributed by atoms with Crippen LogP contribution in [-0.2, 0) is 78.5 Å². The van der Waals surface area contributed by atoms with Gasteiger partial charge in [0.2, 0.25) is 0 Å². The fraction of sp³-hybridized carbons (Fsp3) is 0.274. The Morgan fingerprint density at radius 1 is 0.342 bits per heavy atom.